The summed E-state index contributed by atoms with van der Waals surface area (Å²) < 4.78 is 26.5. The van der Waals surface area contributed by atoms with E-state index in [4.69, 9.17) is 5.26 Å². The molecule has 0 heterocycles. The van der Waals surface area contributed by atoms with Crippen molar-refractivity contribution in [3.8, 4) is 6.07 Å². The molecule has 0 fully saturated rings. The van der Waals surface area contributed by atoms with Gasteiger partial charge in [0.15, 0.2) is 0 Å². The van der Waals surface area contributed by atoms with Gasteiger partial charge in [0.2, 0.25) is 10.0 Å². The van der Waals surface area contributed by atoms with Crippen LogP contribution < -0.4 is 4.72 Å². The molecular formula is C11H11BrN2O2S. The quantitative estimate of drug-likeness (QED) is 0.903. The van der Waals surface area contributed by atoms with Gasteiger partial charge in [-0.2, -0.15) is 5.26 Å². The lowest BCUT2D eigenvalue weighted by Crippen LogP contribution is -2.24. The Morgan fingerprint density at radius 3 is 2.47 bits per heavy atom. The topological polar surface area (TPSA) is 70.0 Å². The molecule has 0 amide bonds. The number of nitrogens with one attached hydrogen (secondary N) is 1. The Labute approximate surface area is 109 Å². The van der Waals surface area contributed by atoms with Crippen LogP contribution in [0.4, 0.5) is 0 Å². The maximum absolute atomic E-state index is 11.8. The van der Waals surface area contributed by atoms with Crippen LogP contribution in [-0.4, -0.2) is 15.0 Å². The molecule has 17 heavy (non-hydrogen) atoms. The molecule has 1 aromatic rings. The van der Waals surface area contributed by atoms with E-state index in [9.17, 15) is 8.42 Å². The van der Waals surface area contributed by atoms with Crippen LogP contribution in [0.2, 0.25) is 0 Å². The maximum Gasteiger partial charge on any atom is 0.240 e. The van der Waals surface area contributed by atoms with E-state index in [-0.39, 0.29) is 17.9 Å². The van der Waals surface area contributed by atoms with E-state index in [2.05, 4.69) is 27.2 Å². The Bertz CT molecular complexity index is 544. The number of nitriles is 1. The van der Waals surface area contributed by atoms with E-state index in [0.29, 0.717) is 4.48 Å². The van der Waals surface area contributed by atoms with Crippen molar-refractivity contribution in [3.63, 3.8) is 0 Å². The molecule has 0 aliphatic heterocycles. The Hall–Kier alpha value is -1.16. The highest BCUT2D eigenvalue weighted by Gasteiger charge is 2.12. The van der Waals surface area contributed by atoms with Crippen molar-refractivity contribution in [1.82, 2.24) is 4.72 Å². The highest BCUT2D eigenvalue weighted by Crippen LogP contribution is 2.11. The van der Waals surface area contributed by atoms with Gasteiger partial charge in [0.05, 0.1) is 17.4 Å². The van der Waals surface area contributed by atoms with Crippen LogP contribution in [0.3, 0.4) is 0 Å². The standard InChI is InChI=1S/C11H11BrN2O2S/c1-9(12)8-14-17(15,16)11-4-2-10(3-5-11)6-7-13/h2-5,14H,1,6,8H2. The lowest BCUT2D eigenvalue weighted by Gasteiger charge is -2.06. The van der Waals surface area contributed by atoms with Crippen LogP contribution in [0.25, 0.3) is 0 Å². The molecule has 0 atom stereocenters. The van der Waals surface area contributed by atoms with E-state index in [1.54, 1.807) is 12.1 Å². The third-order valence-electron chi connectivity index (χ3n) is 1.97. The van der Waals surface area contributed by atoms with Crippen molar-refractivity contribution in [3.05, 3.63) is 40.9 Å². The predicted octanol–water partition coefficient (Wildman–Crippen LogP) is 1.94. The second-order valence-electron chi connectivity index (χ2n) is 3.32. The molecule has 1 rings (SSSR count). The minimum atomic E-state index is -3.51. The molecule has 0 radical (unpaired) electrons. The summed E-state index contributed by atoms with van der Waals surface area (Å²) in [6.07, 6.45) is 0.270. The first-order valence-corrected chi connectivity index (χ1v) is 7.02. The highest BCUT2D eigenvalue weighted by atomic mass is 79.9. The fraction of sp³-hybridized carbons (Fsp3) is 0.182. The van der Waals surface area contributed by atoms with Crippen LogP contribution in [0, 0.1) is 11.3 Å². The van der Waals surface area contributed by atoms with Gasteiger partial charge in [0.1, 0.15) is 0 Å². The summed E-state index contributed by atoms with van der Waals surface area (Å²) in [7, 11) is -3.51. The zero-order chi connectivity index (χ0) is 12.9. The lowest BCUT2D eigenvalue weighted by molar-refractivity contribution is 0.585. The van der Waals surface area contributed by atoms with Gasteiger partial charge in [0, 0.05) is 11.0 Å². The van der Waals surface area contributed by atoms with Crippen molar-refractivity contribution in [2.24, 2.45) is 0 Å². The molecule has 0 saturated heterocycles. The molecule has 1 aromatic carbocycles. The van der Waals surface area contributed by atoms with Gasteiger partial charge in [-0.15, -0.1) is 0 Å². The zero-order valence-electron chi connectivity index (χ0n) is 8.98. The Morgan fingerprint density at radius 1 is 1.41 bits per heavy atom. The van der Waals surface area contributed by atoms with E-state index < -0.39 is 10.0 Å². The molecule has 0 spiro atoms. The summed E-state index contributed by atoms with van der Waals surface area (Å²) in [5, 5.41) is 8.50. The fourth-order valence-corrected chi connectivity index (χ4v) is 2.49. The van der Waals surface area contributed by atoms with Crippen molar-refractivity contribution >= 4 is 26.0 Å². The minimum absolute atomic E-state index is 0.141. The van der Waals surface area contributed by atoms with Crippen LogP contribution in [0.15, 0.2) is 40.2 Å². The summed E-state index contributed by atoms with van der Waals surface area (Å²) in [4.78, 5) is 0.174. The monoisotopic (exact) mass is 314 g/mol. The molecule has 6 heteroatoms. The largest absolute Gasteiger partial charge is 0.240 e. The van der Waals surface area contributed by atoms with Gasteiger partial charge in [0.25, 0.3) is 0 Å². The molecule has 0 aliphatic carbocycles. The summed E-state index contributed by atoms with van der Waals surface area (Å²) in [5.74, 6) is 0. The van der Waals surface area contributed by atoms with Gasteiger partial charge < -0.3 is 0 Å². The summed E-state index contributed by atoms with van der Waals surface area (Å²) in [6.45, 7) is 3.69. The van der Waals surface area contributed by atoms with Gasteiger partial charge in [-0.3, -0.25) is 0 Å². The highest BCUT2D eigenvalue weighted by molar-refractivity contribution is 9.11. The number of rotatable bonds is 5. The molecule has 90 valence electrons. The molecule has 0 saturated carbocycles. The normalized spacial score (nSPS) is 10.8. The Kier molecular flexibility index (Phi) is 4.87. The first kappa shape index (κ1) is 13.9. The number of benzene rings is 1. The van der Waals surface area contributed by atoms with E-state index in [1.165, 1.54) is 12.1 Å². The molecular weight excluding hydrogens is 304 g/mol. The molecule has 0 bridgehead atoms. The van der Waals surface area contributed by atoms with Crippen LogP contribution in [0.1, 0.15) is 5.56 Å². The average molecular weight is 315 g/mol. The van der Waals surface area contributed by atoms with Gasteiger partial charge >= 0.3 is 0 Å². The van der Waals surface area contributed by atoms with Crippen molar-refractivity contribution in [2.45, 2.75) is 11.3 Å². The molecule has 0 aliphatic rings. The first-order valence-electron chi connectivity index (χ1n) is 4.74. The maximum atomic E-state index is 11.8. The molecule has 0 unspecified atom stereocenters. The SMILES string of the molecule is C=C(Br)CNS(=O)(=O)c1ccc(CC#N)cc1. The summed E-state index contributed by atoms with van der Waals surface area (Å²) >= 11 is 3.07. The molecule has 1 N–H and O–H groups in total. The van der Waals surface area contributed by atoms with Gasteiger partial charge in [-0.25, -0.2) is 13.1 Å². The van der Waals surface area contributed by atoms with Crippen molar-refractivity contribution in [2.75, 3.05) is 6.54 Å². The third kappa shape index (κ3) is 4.30. The number of halogens is 1. The number of hydrogen-bond donors (Lipinski definition) is 1. The molecule has 4 nitrogen and oxygen atoms in total. The van der Waals surface area contributed by atoms with Gasteiger partial charge in [-0.1, -0.05) is 34.6 Å². The van der Waals surface area contributed by atoms with Gasteiger partial charge in [-0.05, 0) is 17.7 Å². The summed E-state index contributed by atoms with van der Waals surface area (Å²) in [5.41, 5.74) is 0.788. The number of sulfonamides is 1. The third-order valence-corrected chi connectivity index (χ3v) is 3.67. The van der Waals surface area contributed by atoms with E-state index in [0.717, 1.165) is 5.56 Å². The van der Waals surface area contributed by atoms with Crippen LogP contribution >= 0.6 is 15.9 Å². The second kappa shape index (κ2) is 5.96. The second-order valence-corrected chi connectivity index (χ2v) is 6.21. The lowest BCUT2D eigenvalue weighted by atomic mass is 10.2. The van der Waals surface area contributed by atoms with E-state index >= 15 is 0 Å². The zero-order valence-corrected chi connectivity index (χ0v) is 11.4. The Balaban J connectivity index is 2.85. The fourth-order valence-electron chi connectivity index (χ4n) is 1.13. The van der Waals surface area contributed by atoms with Crippen molar-refractivity contribution < 1.29 is 8.42 Å². The van der Waals surface area contributed by atoms with Crippen molar-refractivity contribution in [1.29, 1.82) is 5.26 Å². The minimum Gasteiger partial charge on any atom is -0.207 e. The first-order chi connectivity index (χ1) is 7.95. The van der Waals surface area contributed by atoms with E-state index in [1.807, 2.05) is 6.07 Å². The van der Waals surface area contributed by atoms with Crippen LogP contribution in [-0.2, 0) is 16.4 Å². The van der Waals surface area contributed by atoms with Crippen LogP contribution in [0.5, 0.6) is 0 Å². The number of hydrogen-bond acceptors (Lipinski definition) is 3. The summed E-state index contributed by atoms with van der Waals surface area (Å²) in [6, 6.07) is 8.21. The average Bonchev–Trinajstić information content (AvgIpc) is 2.28. The predicted molar refractivity (Wildman–Crippen MR) is 69.0 cm³/mol. The Morgan fingerprint density at radius 2 is 2.00 bits per heavy atom. The number of nitrogens with zero attached hydrogens (tertiary/aromatic N) is 1. The smallest absolute Gasteiger partial charge is 0.207 e. The molecule has 0 aromatic heterocycles.